The van der Waals surface area contributed by atoms with Crippen molar-refractivity contribution < 1.29 is 4.74 Å². The van der Waals surface area contributed by atoms with Crippen molar-refractivity contribution in [3.05, 3.63) is 40.1 Å². The molecule has 112 valence electrons. The van der Waals surface area contributed by atoms with Gasteiger partial charge in [-0.2, -0.15) is 0 Å². The molecule has 21 heavy (non-hydrogen) atoms. The first-order valence-electron chi connectivity index (χ1n) is 6.79. The van der Waals surface area contributed by atoms with E-state index in [-0.39, 0.29) is 0 Å². The van der Waals surface area contributed by atoms with Gasteiger partial charge in [0, 0.05) is 24.8 Å². The predicted molar refractivity (Wildman–Crippen MR) is 87.0 cm³/mol. The highest BCUT2D eigenvalue weighted by Crippen LogP contribution is 2.28. The van der Waals surface area contributed by atoms with Crippen LogP contribution in [0.1, 0.15) is 19.7 Å². The smallest absolute Gasteiger partial charge is 0.157 e. The molecule has 0 fully saturated rings. The van der Waals surface area contributed by atoms with Crippen molar-refractivity contribution in [3.63, 3.8) is 0 Å². The van der Waals surface area contributed by atoms with Crippen LogP contribution in [-0.2, 0) is 11.3 Å². The number of nitrogens with one attached hydrogen (secondary N) is 1. The molecule has 1 aromatic carbocycles. The maximum Gasteiger partial charge on any atom is 0.157 e. The summed E-state index contributed by atoms with van der Waals surface area (Å²) in [5.74, 6) is 1.40. The largest absolute Gasteiger partial charge is 0.374 e. The molecular formula is C15H17Cl2N3O. The highest BCUT2D eigenvalue weighted by Gasteiger charge is 2.08. The molecule has 1 N–H and O–H groups in total. The molecule has 4 nitrogen and oxygen atoms in total. The van der Waals surface area contributed by atoms with Crippen molar-refractivity contribution in [1.82, 2.24) is 9.97 Å². The van der Waals surface area contributed by atoms with Crippen molar-refractivity contribution in [2.75, 3.05) is 18.5 Å². The number of halogens is 2. The van der Waals surface area contributed by atoms with Gasteiger partial charge in [-0.05, 0) is 26.0 Å². The third-order valence-corrected chi connectivity index (χ3v) is 3.52. The summed E-state index contributed by atoms with van der Waals surface area (Å²) in [5, 5.41) is 4.22. The fraction of sp³-hybridized carbons (Fsp3) is 0.333. The molecule has 0 saturated heterocycles. The van der Waals surface area contributed by atoms with E-state index < -0.39 is 0 Å². The second-order valence-corrected chi connectivity index (χ2v) is 5.17. The summed E-state index contributed by atoms with van der Waals surface area (Å²) in [7, 11) is 0. The number of aromatic nitrogens is 2. The van der Waals surface area contributed by atoms with Gasteiger partial charge in [-0.3, -0.25) is 0 Å². The minimum atomic E-state index is 0.379. The van der Waals surface area contributed by atoms with Crippen LogP contribution >= 0.6 is 23.2 Å². The zero-order valence-corrected chi connectivity index (χ0v) is 13.5. The Morgan fingerprint density at radius 1 is 1.10 bits per heavy atom. The Morgan fingerprint density at radius 3 is 2.57 bits per heavy atom. The molecule has 2 rings (SSSR count). The van der Waals surface area contributed by atoms with Crippen LogP contribution < -0.4 is 5.32 Å². The lowest BCUT2D eigenvalue weighted by Crippen LogP contribution is -2.06. The predicted octanol–water partition coefficient (Wildman–Crippen LogP) is 4.42. The molecule has 1 heterocycles. The molecule has 0 atom stereocenters. The molecule has 0 spiro atoms. The van der Waals surface area contributed by atoms with Crippen molar-refractivity contribution in [3.8, 4) is 11.3 Å². The van der Waals surface area contributed by atoms with E-state index in [1.165, 1.54) is 0 Å². The number of rotatable bonds is 6. The first kappa shape index (κ1) is 16.0. The minimum absolute atomic E-state index is 0.379. The van der Waals surface area contributed by atoms with E-state index in [0.29, 0.717) is 29.1 Å². The lowest BCUT2D eigenvalue weighted by Gasteiger charge is -2.10. The van der Waals surface area contributed by atoms with Gasteiger partial charge in [-0.25, -0.2) is 9.97 Å². The summed E-state index contributed by atoms with van der Waals surface area (Å²) in [4.78, 5) is 8.94. The van der Waals surface area contributed by atoms with E-state index in [4.69, 9.17) is 27.9 Å². The van der Waals surface area contributed by atoms with Crippen molar-refractivity contribution in [2.45, 2.75) is 20.5 Å². The molecule has 0 aliphatic carbocycles. The second-order valence-electron chi connectivity index (χ2n) is 4.35. The SMILES string of the molecule is CCNc1cc(-c2ccc(Cl)c(Cl)c2)nc(COCC)n1. The van der Waals surface area contributed by atoms with Gasteiger partial charge in [0.25, 0.3) is 0 Å². The molecule has 6 heteroatoms. The van der Waals surface area contributed by atoms with Crippen LogP contribution in [0.25, 0.3) is 11.3 Å². The molecule has 0 radical (unpaired) electrons. The summed E-state index contributed by atoms with van der Waals surface area (Å²) >= 11 is 12.0. The third kappa shape index (κ3) is 4.30. The van der Waals surface area contributed by atoms with Crippen LogP contribution in [0.2, 0.25) is 10.0 Å². The van der Waals surface area contributed by atoms with Gasteiger partial charge in [0.2, 0.25) is 0 Å². The topological polar surface area (TPSA) is 47.0 Å². The summed E-state index contributed by atoms with van der Waals surface area (Å²) in [6, 6.07) is 7.33. The Morgan fingerprint density at radius 2 is 1.90 bits per heavy atom. The molecule has 0 unspecified atom stereocenters. The fourth-order valence-electron chi connectivity index (χ4n) is 1.83. The van der Waals surface area contributed by atoms with Crippen LogP contribution in [0.4, 0.5) is 5.82 Å². The molecule has 0 aliphatic rings. The Hall–Kier alpha value is -1.36. The van der Waals surface area contributed by atoms with E-state index in [1.807, 2.05) is 26.0 Å². The molecule has 1 aromatic heterocycles. The summed E-state index contributed by atoms with van der Waals surface area (Å²) in [6.45, 7) is 5.74. The van der Waals surface area contributed by atoms with Gasteiger partial charge in [0.05, 0.1) is 15.7 Å². The number of ether oxygens (including phenoxy) is 1. The zero-order chi connectivity index (χ0) is 15.2. The minimum Gasteiger partial charge on any atom is -0.374 e. The van der Waals surface area contributed by atoms with Crippen molar-refractivity contribution in [1.29, 1.82) is 0 Å². The molecular weight excluding hydrogens is 309 g/mol. The monoisotopic (exact) mass is 325 g/mol. The van der Waals surface area contributed by atoms with Gasteiger partial charge in [-0.1, -0.05) is 29.3 Å². The lowest BCUT2D eigenvalue weighted by atomic mass is 10.1. The van der Waals surface area contributed by atoms with Crippen LogP contribution in [0.15, 0.2) is 24.3 Å². The number of anilines is 1. The Kier molecular flexibility index (Phi) is 5.79. The number of hydrogen-bond donors (Lipinski definition) is 1. The number of nitrogens with zero attached hydrogens (tertiary/aromatic N) is 2. The van der Waals surface area contributed by atoms with Crippen LogP contribution in [-0.4, -0.2) is 23.1 Å². The molecule has 0 bridgehead atoms. The second kappa shape index (κ2) is 7.59. The van der Waals surface area contributed by atoms with E-state index in [9.17, 15) is 0 Å². The summed E-state index contributed by atoms with van der Waals surface area (Å²) < 4.78 is 5.39. The fourth-order valence-corrected chi connectivity index (χ4v) is 2.13. The van der Waals surface area contributed by atoms with Crippen LogP contribution in [0, 0.1) is 0 Å². The molecule has 0 aliphatic heterocycles. The van der Waals surface area contributed by atoms with Crippen LogP contribution in [0.5, 0.6) is 0 Å². The number of hydrogen-bond acceptors (Lipinski definition) is 4. The third-order valence-electron chi connectivity index (χ3n) is 2.78. The number of benzene rings is 1. The summed E-state index contributed by atoms with van der Waals surface area (Å²) in [6.07, 6.45) is 0. The quantitative estimate of drug-likeness (QED) is 0.854. The average Bonchev–Trinajstić information content (AvgIpc) is 2.48. The van der Waals surface area contributed by atoms with Gasteiger partial charge in [0.15, 0.2) is 5.82 Å². The first-order valence-corrected chi connectivity index (χ1v) is 7.54. The Labute approximate surface area is 134 Å². The van der Waals surface area contributed by atoms with Crippen molar-refractivity contribution >= 4 is 29.0 Å². The Balaban J connectivity index is 2.40. The van der Waals surface area contributed by atoms with Gasteiger partial charge >= 0.3 is 0 Å². The normalized spacial score (nSPS) is 10.7. The summed E-state index contributed by atoms with van der Waals surface area (Å²) in [5.41, 5.74) is 1.68. The average molecular weight is 326 g/mol. The highest BCUT2D eigenvalue weighted by molar-refractivity contribution is 6.42. The molecule has 0 amide bonds. The van der Waals surface area contributed by atoms with Gasteiger partial charge < -0.3 is 10.1 Å². The lowest BCUT2D eigenvalue weighted by molar-refractivity contribution is 0.128. The van der Waals surface area contributed by atoms with Gasteiger partial charge in [0.1, 0.15) is 12.4 Å². The maximum absolute atomic E-state index is 6.07. The van der Waals surface area contributed by atoms with Gasteiger partial charge in [-0.15, -0.1) is 0 Å². The van der Waals surface area contributed by atoms with Crippen LogP contribution in [0.3, 0.4) is 0 Å². The van der Waals surface area contributed by atoms with E-state index in [0.717, 1.165) is 23.6 Å². The van der Waals surface area contributed by atoms with E-state index in [2.05, 4.69) is 15.3 Å². The highest BCUT2D eigenvalue weighted by atomic mass is 35.5. The standard InChI is InChI=1S/C15H17Cl2N3O/c1-3-18-14-8-13(19-15(20-14)9-21-4-2)10-5-6-11(16)12(17)7-10/h5-8H,3-4,9H2,1-2H3,(H,18,19,20). The first-order chi connectivity index (χ1) is 10.1. The van der Waals surface area contributed by atoms with E-state index >= 15 is 0 Å². The zero-order valence-electron chi connectivity index (χ0n) is 12.0. The van der Waals surface area contributed by atoms with Crippen molar-refractivity contribution in [2.24, 2.45) is 0 Å². The molecule has 2 aromatic rings. The van der Waals surface area contributed by atoms with E-state index in [1.54, 1.807) is 12.1 Å². The Bertz CT molecular complexity index is 620. The molecule has 0 saturated carbocycles. The maximum atomic E-state index is 6.07.